The van der Waals surface area contributed by atoms with Crippen LogP contribution in [0.3, 0.4) is 0 Å². The van der Waals surface area contributed by atoms with Crippen molar-refractivity contribution in [2.75, 3.05) is 5.75 Å². The van der Waals surface area contributed by atoms with Crippen LogP contribution < -0.4 is 4.80 Å². The molecule has 0 saturated heterocycles. The van der Waals surface area contributed by atoms with Crippen LogP contribution in [-0.4, -0.2) is 16.2 Å². The number of thioether (sulfide) groups is 1. The second-order valence-corrected chi connectivity index (χ2v) is 7.15. The van der Waals surface area contributed by atoms with Crippen molar-refractivity contribution in [2.24, 2.45) is 12.0 Å². The summed E-state index contributed by atoms with van der Waals surface area (Å²) in [7, 11) is 1.91. The van der Waals surface area contributed by atoms with Crippen molar-refractivity contribution in [1.82, 2.24) is 4.57 Å². The molecule has 0 aliphatic rings. The van der Waals surface area contributed by atoms with Crippen LogP contribution >= 0.6 is 23.1 Å². The highest BCUT2D eigenvalue weighted by Crippen LogP contribution is 2.19. The first-order chi connectivity index (χ1) is 11.1. The molecular formula is C17H15FN2OS2. The number of halogens is 1. The first-order valence-electron chi connectivity index (χ1n) is 7.14. The van der Waals surface area contributed by atoms with Gasteiger partial charge in [0.1, 0.15) is 5.82 Å². The van der Waals surface area contributed by atoms with Gasteiger partial charge in [-0.1, -0.05) is 23.5 Å². The molecule has 0 atom stereocenters. The number of nitrogens with zero attached hydrogens (tertiary/aromatic N) is 2. The Morgan fingerprint density at radius 2 is 1.96 bits per heavy atom. The Labute approximate surface area is 141 Å². The van der Waals surface area contributed by atoms with E-state index in [1.165, 1.54) is 35.2 Å². The van der Waals surface area contributed by atoms with Gasteiger partial charge in [-0.05, 0) is 36.4 Å². The summed E-state index contributed by atoms with van der Waals surface area (Å²) in [6.07, 6.45) is 0.357. The molecular weight excluding hydrogens is 331 g/mol. The van der Waals surface area contributed by atoms with E-state index in [0.29, 0.717) is 17.0 Å². The number of benzene rings is 2. The maximum atomic E-state index is 12.8. The molecule has 1 aromatic heterocycles. The van der Waals surface area contributed by atoms with Gasteiger partial charge in [-0.15, -0.1) is 11.8 Å². The average molecular weight is 346 g/mol. The summed E-state index contributed by atoms with van der Waals surface area (Å²) >= 11 is 3.04. The van der Waals surface area contributed by atoms with Crippen molar-refractivity contribution in [3.8, 4) is 0 Å². The summed E-state index contributed by atoms with van der Waals surface area (Å²) in [5, 5.41) is 0. The van der Waals surface area contributed by atoms with Gasteiger partial charge >= 0.3 is 0 Å². The number of carbonyl (C=O) groups is 1. The SMILES string of the molecule is Cn1c(=NC(=O)CCSc2ccc(F)cc2)sc2ccccc21. The summed E-state index contributed by atoms with van der Waals surface area (Å²) < 4.78 is 15.9. The number of para-hydroxylation sites is 1. The molecule has 0 N–H and O–H groups in total. The van der Waals surface area contributed by atoms with Gasteiger partial charge in [0.05, 0.1) is 10.2 Å². The highest BCUT2D eigenvalue weighted by Gasteiger charge is 2.05. The van der Waals surface area contributed by atoms with E-state index in [9.17, 15) is 9.18 Å². The Morgan fingerprint density at radius 1 is 1.22 bits per heavy atom. The standard InChI is InChI=1S/C17H15FN2OS2/c1-20-14-4-2-3-5-15(14)23-17(20)19-16(21)10-11-22-13-8-6-12(18)7-9-13/h2-9H,10-11H2,1H3. The molecule has 1 heterocycles. The lowest BCUT2D eigenvalue weighted by Gasteiger charge is -1.99. The van der Waals surface area contributed by atoms with Crippen molar-refractivity contribution >= 4 is 39.2 Å². The number of amides is 1. The van der Waals surface area contributed by atoms with E-state index in [1.54, 1.807) is 12.1 Å². The van der Waals surface area contributed by atoms with Crippen LogP contribution in [0.4, 0.5) is 4.39 Å². The van der Waals surface area contributed by atoms with E-state index < -0.39 is 0 Å². The number of thiazole rings is 1. The van der Waals surface area contributed by atoms with Crippen molar-refractivity contribution in [3.63, 3.8) is 0 Å². The number of hydrogen-bond donors (Lipinski definition) is 0. The normalized spacial score (nSPS) is 12.0. The van der Waals surface area contributed by atoms with Crippen LogP contribution in [0.15, 0.2) is 58.4 Å². The van der Waals surface area contributed by atoms with Crippen molar-refractivity contribution in [2.45, 2.75) is 11.3 Å². The third-order valence-corrected chi connectivity index (χ3v) is 5.46. The zero-order valence-electron chi connectivity index (χ0n) is 12.5. The Hall–Kier alpha value is -1.92. The number of carbonyl (C=O) groups excluding carboxylic acids is 1. The lowest BCUT2D eigenvalue weighted by atomic mass is 10.3. The van der Waals surface area contributed by atoms with E-state index in [2.05, 4.69) is 4.99 Å². The molecule has 2 aromatic carbocycles. The van der Waals surface area contributed by atoms with Gasteiger partial charge in [0, 0.05) is 24.1 Å². The van der Waals surface area contributed by atoms with Crippen LogP contribution in [0.25, 0.3) is 10.2 Å². The van der Waals surface area contributed by atoms with Gasteiger partial charge < -0.3 is 4.57 Å². The van der Waals surface area contributed by atoms with Crippen LogP contribution in [0.2, 0.25) is 0 Å². The van der Waals surface area contributed by atoms with E-state index in [0.717, 1.165) is 15.1 Å². The van der Waals surface area contributed by atoms with Crippen LogP contribution in [0, 0.1) is 5.82 Å². The zero-order chi connectivity index (χ0) is 16.2. The van der Waals surface area contributed by atoms with Gasteiger partial charge in [0.2, 0.25) is 5.91 Å². The molecule has 0 saturated carbocycles. The molecule has 0 aliphatic heterocycles. The number of aryl methyl sites for hydroxylation is 1. The molecule has 0 unspecified atom stereocenters. The van der Waals surface area contributed by atoms with E-state index in [1.807, 2.05) is 35.9 Å². The molecule has 3 rings (SSSR count). The summed E-state index contributed by atoms with van der Waals surface area (Å²) in [6, 6.07) is 14.3. The monoisotopic (exact) mass is 346 g/mol. The fourth-order valence-electron chi connectivity index (χ4n) is 2.14. The van der Waals surface area contributed by atoms with Gasteiger partial charge in [-0.25, -0.2) is 4.39 Å². The van der Waals surface area contributed by atoms with E-state index >= 15 is 0 Å². The molecule has 0 radical (unpaired) electrons. The molecule has 3 nitrogen and oxygen atoms in total. The summed E-state index contributed by atoms with van der Waals surface area (Å²) in [5.41, 5.74) is 1.07. The molecule has 0 fully saturated rings. The maximum absolute atomic E-state index is 12.8. The lowest BCUT2D eigenvalue weighted by Crippen LogP contribution is -2.13. The minimum Gasteiger partial charge on any atom is -0.319 e. The third kappa shape index (κ3) is 3.89. The largest absolute Gasteiger partial charge is 0.319 e. The highest BCUT2D eigenvalue weighted by molar-refractivity contribution is 7.99. The predicted molar refractivity (Wildman–Crippen MR) is 93.1 cm³/mol. The molecule has 23 heavy (non-hydrogen) atoms. The Kier molecular flexibility index (Phi) is 4.93. The Bertz CT molecular complexity index is 897. The first-order valence-corrected chi connectivity index (χ1v) is 8.94. The molecule has 118 valence electrons. The van der Waals surface area contributed by atoms with Crippen molar-refractivity contribution in [1.29, 1.82) is 0 Å². The summed E-state index contributed by atoms with van der Waals surface area (Å²) in [4.78, 5) is 17.9. The van der Waals surface area contributed by atoms with Crippen LogP contribution in [-0.2, 0) is 11.8 Å². The van der Waals surface area contributed by atoms with Gasteiger partial charge in [0.15, 0.2) is 4.80 Å². The summed E-state index contributed by atoms with van der Waals surface area (Å²) in [6.45, 7) is 0. The fraction of sp³-hybridized carbons (Fsp3) is 0.176. The zero-order valence-corrected chi connectivity index (χ0v) is 14.2. The van der Waals surface area contributed by atoms with E-state index in [-0.39, 0.29) is 11.7 Å². The number of rotatable bonds is 4. The van der Waals surface area contributed by atoms with E-state index in [4.69, 9.17) is 0 Å². The highest BCUT2D eigenvalue weighted by atomic mass is 32.2. The quantitative estimate of drug-likeness (QED) is 0.670. The number of hydrogen-bond acceptors (Lipinski definition) is 3. The number of aromatic nitrogens is 1. The average Bonchev–Trinajstić information content (AvgIpc) is 2.86. The maximum Gasteiger partial charge on any atom is 0.249 e. The topological polar surface area (TPSA) is 34.4 Å². The van der Waals surface area contributed by atoms with Crippen LogP contribution in [0.1, 0.15) is 6.42 Å². The molecule has 3 aromatic rings. The third-order valence-electron chi connectivity index (χ3n) is 3.33. The van der Waals surface area contributed by atoms with Gasteiger partial charge in [0.25, 0.3) is 0 Å². The minimum absolute atomic E-state index is 0.137. The smallest absolute Gasteiger partial charge is 0.249 e. The molecule has 0 spiro atoms. The first kappa shape index (κ1) is 16.0. The van der Waals surface area contributed by atoms with Gasteiger partial charge in [-0.2, -0.15) is 4.99 Å². The van der Waals surface area contributed by atoms with Gasteiger partial charge in [-0.3, -0.25) is 4.79 Å². The Morgan fingerprint density at radius 3 is 2.70 bits per heavy atom. The summed E-state index contributed by atoms with van der Waals surface area (Å²) in [5.74, 6) is 0.238. The van der Waals surface area contributed by atoms with Crippen molar-refractivity contribution < 1.29 is 9.18 Å². The van der Waals surface area contributed by atoms with Crippen LogP contribution in [0.5, 0.6) is 0 Å². The molecule has 1 amide bonds. The predicted octanol–water partition coefficient (Wildman–Crippen LogP) is 3.99. The Balaban J connectivity index is 1.66. The number of fused-ring (bicyclic) bond motifs is 1. The molecule has 0 bridgehead atoms. The molecule has 6 heteroatoms. The second-order valence-electron chi connectivity index (χ2n) is 4.97. The fourth-order valence-corrected chi connectivity index (χ4v) is 4.01. The lowest BCUT2D eigenvalue weighted by molar-refractivity contribution is -0.117. The minimum atomic E-state index is -0.252. The second kappa shape index (κ2) is 7.10. The molecule has 0 aliphatic carbocycles. The van der Waals surface area contributed by atoms with Crippen molar-refractivity contribution in [3.05, 3.63) is 59.1 Å².